The van der Waals surface area contributed by atoms with Crippen LogP contribution < -0.4 is 10.1 Å². The van der Waals surface area contributed by atoms with Gasteiger partial charge in [-0.15, -0.1) is 0 Å². The summed E-state index contributed by atoms with van der Waals surface area (Å²) in [7, 11) is -3.45. The number of unbranched alkanes of at least 4 members (excludes halogenated alkanes) is 1. The highest BCUT2D eigenvalue weighted by molar-refractivity contribution is 7.89. The van der Waals surface area contributed by atoms with Gasteiger partial charge in [-0.2, -0.15) is 4.31 Å². The molecular weight excluding hydrogens is 340 g/mol. The molecule has 0 radical (unpaired) electrons. The molecule has 1 N–H and O–H groups in total. The second kappa shape index (κ2) is 9.20. The molecule has 1 saturated heterocycles. The van der Waals surface area contributed by atoms with Gasteiger partial charge in [-0.3, -0.25) is 4.79 Å². The number of carbonyl (C=O) groups excluding carboxylic acids is 1. The number of hydrogen-bond donors (Lipinski definition) is 1. The number of nitrogens with zero attached hydrogens (tertiary/aromatic N) is 1. The number of aryl methyl sites for hydroxylation is 1. The number of benzene rings is 1. The molecule has 1 heterocycles. The number of nitrogens with one attached hydrogen (secondary N) is 1. The largest absolute Gasteiger partial charge is 0.484 e. The lowest BCUT2D eigenvalue weighted by Crippen LogP contribution is -2.35. The number of rotatable bonds is 8. The summed E-state index contributed by atoms with van der Waals surface area (Å²) >= 11 is 0. The van der Waals surface area contributed by atoms with Crippen molar-refractivity contribution in [1.82, 2.24) is 9.62 Å². The first-order valence-corrected chi connectivity index (χ1v) is 10.4. The lowest BCUT2D eigenvalue weighted by atomic mass is 10.2. The van der Waals surface area contributed by atoms with Gasteiger partial charge in [0.25, 0.3) is 5.91 Å². The third kappa shape index (κ3) is 5.44. The summed E-state index contributed by atoms with van der Waals surface area (Å²) in [5.74, 6) is 0.362. The second-order valence-electron chi connectivity index (χ2n) is 6.38. The second-order valence-corrected chi connectivity index (χ2v) is 8.32. The van der Waals surface area contributed by atoms with Gasteiger partial charge in [0.2, 0.25) is 10.0 Å². The van der Waals surface area contributed by atoms with Gasteiger partial charge < -0.3 is 10.1 Å². The van der Waals surface area contributed by atoms with Crippen molar-refractivity contribution in [3.05, 3.63) is 23.8 Å². The van der Waals surface area contributed by atoms with Gasteiger partial charge in [-0.25, -0.2) is 8.42 Å². The van der Waals surface area contributed by atoms with E-state index in [4.69, 9.17) is 4.74 Å². The van der Waals surface area contributed by atoms with Crippen LogP contribution in [0.1, 0.15) is 44.6 Å². The molecule has 0 spiro atoms. The van der Waals surface area contributed by atoms with Crippen LogP contribution in [-0.4, -0.2) is 44.9 Å². The normalized spacial score (nSPS) is 15.8. The predicted molar refractivity (Wildman–Crippen MR) is 97.2 cm³/mol. The summed E-state index contributed by atoms with van der Waals surface area (Å²) in [6.07, 6.45) is 4.86. The lowest BCUT2D eigenvalue weighted by molar-refractivity contribution is -0.123. The highest BCUT2D eigenvalue weighted by Gasteiger charge is 2.26. The van der Waals surface area contributed by atoms with Crippen molar-refractivity contribution in [1.29, 1.82) is 0 Å². The first-order valence-electron chi connectivity index (χ1n) is 8.95. The molecule has 6 nitrogen and oxygen atoms in total. The van der Waals surface area contributed by atoms with E-state index in [9.17, 15) is 13.2 Å². The molecule has 0 aromatic heterocycles. The van der Waals surface area contributed by atoms with E-state index in [0.717, 1.165) is 32.1 Å². The van der Waals surface area contributed by atoms with Crippen LogP contribution in [-0.2, 0) is 14.8 Å². The minimum absolute atomic E-state index is 0.0667. The van der Waals surface area contributed by atoms with E-state index in [0.29, 0.717) is 30.9 Å². The molecule has 0 unspecified atom stereocenters. The Morgan fingerprint density at radius 3 is 2.60 bits per heavy atom. The Kier molecular flexibility index (Phi) is 7.25. The average Bonchev–Trinajstić information content (AvgIpc) is 2.61. The highest BCUT2D eigenvalue weighted by atomic mass is 32.2. The minimum atomic E-state index is -3.45. The van der Waals surface area contributed by atoms with Crippen LogP contribution in [0.25, 0.3) is 0 Å². The van der Waals surface area contributed by atoms with Gasteiger partial charge in [-0.1, -0.05) is 19.8 Å². The highest BCUT2D eigenvalue weighted by Crippen LogP contribution is 2.25. The lowest BCUT2D eigenvalue weighted by Gasteiger charge is -2.26. The van der Waals surface area contributed by atoms with Crippen molar-refractivity contribution in [2.75, 3.05) is 26.2 Å². The third-order valence-electron chi connectivity index (χ3n) is 4.31. The topological polar surface area (TPSA) is 75.7 Å². The number of sulfonamides is 1. The third-order valence-corrected chi connectivity index (χ3v) is 6.21. The zero-order valence-electron chi connectivity index (χ0n) is 15.1. The Morgan fingerprint density at radius 1 is 1.24 bits per heavy atom. The summed E-state index contributed by atoms with van der Waals surface area (Å²) in [4.78, 5) is 12.0. The fourth-order valence-corrected chi connectivity index (χ4v) is 4.40. The van der Waals surface area contributed by atoms with E-state index in [1.54, 1.807) is 29.4 Å². The molecule has 7 heteroatoms. The molecule has 2 rings (SSSR count). The molecule has 1 aromatic rings. The number of amides is 1. The Labute approximate surface area is 150 Å². The maximum absolute atomic E-state index is 12.7. The van der Waals surface area contributed by atoms with E-state index >= 15 is 0 Å². The number of ether oxygens (including phenoxy) is 1. The smallest absolute Gasteiger partial charge is 0.257 e. The Balaban J connectivity index is 1.99. The maximum Gasteiger partial charge on any atom is 0.257 e. The van der Waals surface area contributed by atoms with E-state index < -0.39 is 10.0 Å². The van der Waals surface area contributed by atoms with Crippen LogP contribution in [0.15, 0.2) is 23.1 Å². The molecular formula is C18H28N2O4S. The molecule has 1 aromatic carbocycles. The summed E-state index contributed by atoms with van der Waals surface area (Å²) < 4.78 is 32.4. The molecule has 0 saturated carbocycles. The monoisotopic (exact) mass is 368 g/mol. The molecule has 1 aliphatic rings. The molecule has 25 heavy (non-hydrogen) atoms. The SMILES string of the molecule is CCCCNC(=O)COc1ccc(S(=O)(=O)N2CCCCC2)cc1C. The fourth-order valence-electron chi connectivity index (χ4n) is 2.80. The van der Waals surface area contributed by atoms with Gasteiger partial charge in [-0.05, 0) is 49.9 Å². The van der Waals surface area contributed by atoms with Crippen LogP contribution in [0, 0.1) is 6.92 Å². The molecule has 0 aliphatic carbocycles. The predicted octanol–water partition coefficient (Wildman–Crippen LogP) is 2.46. The van der Waals surface area contributed by atoms with Crippen LogP contribution in [0.2, 0.25) is 0 Å². The van der Waals surface area contributed by atoms with Gasteiger partial charge in [0.1, 0.15) is 5.75 Å². The molecule has 140 valence electrons. The molecule has 1 aliphatic heterocycles. The van der Waals surface area contributed by atoms with Crippen molar-refractivity contribution in [2.24, 2.45) is 0 Å². The van der Waals surface area contributed by atoms with E-state index in [-0.39, 0.29) is 17.4 Å². The zero-order chi connectivity index (χ0) is 18.3. The van der Waals surface area contributed by atoms with E-state index in [2.05, 4.69) is 12.2 Å². The number of piperidine rings is 1. The number of hydrogen-bond acceptors (Lipinski definition) is 4. The Hall–Kier alpha value is -1.60. The summed E-state index contributed by atoms with van der Waals surface area (Å²) in [5, 5.41) is 2.79. The Bertz CT molecular complexity index is 682. The van der Waals surface area contributed by atoms with Crippen molar-refractivity contribution in [3.8, 4) is 5.75 Å². The molecule has 1 fully saturated rings. The van der Waals surface area contributed by atoms with Crippen molar-refractivity contribution >= 4 is 15.9 Å². The molecule has 0 atom stereocenters. The number of carbonyl (C=O) groups is 1. The van der Waals surface area contributed by atoms with Crippen molar-refractivity contribution in [3.63, 3.8) is 0 Å². The molecule has 1 amide bonds. The van der Waals surface area contributed by atoms with Crippen LogP contribution >= 0.6 is 0 Å². The first kappa shape index (κ1) is 19.7. The zero-order valence-corrected chi connectivity index (χ0v) is 15.9. The van der Waals surface area contributed by atoms with Crippen LogP contribution in [0.5, 0.6) is 5.75 Å². The minimum Gasteiger partial charge on any atom is -0.484 e. The van der Waals surface area contributed by atoms with Crippen molar-refractivity contribution in [2.45, 2.75) is 50.8 Å². The van der Waals surface area contributed by atoms with E-state index in [1.165, 1.54) is 0 Å². The van der Waals surface area contributed by atoms with Gasteiger partial charge >= 0.3 is 0 Å². The van der Waals surface area contributed by atoms with Gasteiger partial charge in [0.15, 0.2) is 6.61 Å². The standard InChI is InChI=1S/C18H28N2O4S/c1-3-4-10-19-18(21)14-24-17-9-8-16(13-15(17)2)25(22,23)20-11-6-5-7-12-20/h8-9,13H,3-7,10-12,14H2,1-2H3,(H,19,21). The van der Waals surface area contributed by atoms with E-state index in [1.807, 2.05) is 0 Å². The summed E-state index contributed by atoms with van der Waals surface area (Å²) in [6, 6.07) is 4.81. The quantitative estimate of drug-likeness (QED) is 0.715. The molecule has 0 bridgehead atoms. The fraction of sp³-hybridized carbons (Fsp3) is 0.611. The van der Waals surface area contributed by atoms with Crippen LogP contribution in [0.3, 0.4) is 0 Å². The van der Waals surface area contributed by atoms with Gasteiger partial charge in [0.05, 0.1) is 4.90 Å². The maximum atomic E-state index is 12.7. The Morgan fingerprint density at radius 2 is 1.96 bits per heavy atom. The first-order chi connectivity index (χ1) is 11.9. The van der Waals surface area contributed by atoms with Crippen LogP contribution in [0.4, 0.5) is 0 Å². The summed E-state index contributed by atoms with van der Waals surface area (Å²) in [5.41, 5.74) is 0.708. The van der Waals surface area contributed by atoms with Crippen molar-refractivity contribution < 1.29 is 17.9 Å². The van der Waals surface area contributed by atoms with Gasteiger partial charge in [0, 0.05) is 19.6 Å². The summed E-state index contributed by atoms with van der Waals surface area (Å²) in [6.45, 7) is 5.59. The average molecular weight is 368 g/mol.